The number of aliphatic hydroxyl groups is 1. The van der Waals surface area contributed by atoms with Gasteiger partial charge in [0.1, 0.15) is 5.58 Å². The number of aryl methyl sites for hydroxylation is 4. The highest BCUT2D eigenvalue weighted by molar-refractivity contribution is 5.99. The van der Waals surface area contributed by atoms with Gasteiger partial charge in [-0.3, -0.25) is 4.79 Å². The summed E-state index contributed by atoms with van der Waals surface area (Å²) < 4.78 is 6.05. The van der Waals surface area contributed by atoms with Gasteiger partial charge in [-0.25, -0.2) is 0 Å². The lowest BCUT2D eigenvalue weighted by molar-refractivity contribution is 0.0419. The number of hydrogen-bond donors (Lipinski definition) is 1. The number of carbonyl (C=O) groups is 1. The molecule has 0 aliphatic carbocycles. The summed E-state index contributed by atoms with van der Waals surface area (Å²) in [5.74, 6) is 0.680. The van der Waals surface area contributed by atoms with Crippen molar-refractivity contribution in [1.82, 2.24) is 4.90 Å². The third-order valence-electron chi connectivity index (χ3n) is 6.76. The Morgan fingerprint density at radius 2 is 1.77 bits per heavy atom. The maximum Gasteiger partial charge on any atom is 0.289 e. The fourth-order valence-corrected chi connectivity index (χ4v) is 4.55. The fraction of sp³-hybridized carbons (Fsp3) is 0.423. The van der Waals surface area contributed by atoms with Crippen LogP contribution in [0.15, 0.2) is 46.9 Å². The zero-order chi connectivity index (χ0) is 21.3. The molecular weight excluding hydrogens is 374 g/mol. The van der Waals surface area contributed by atoms with Crippen LogP contribution in [0.1, 0.15) is 52.1 Å². The molecule has 1 N–H and O–H groups in total. The van der Waals surface area contributed by atoms with Crippen molar-refractivity contribution in [3.8, 4) is 0 Å². The molecule has 4 rings (SSSR count). The first-order valence-electron chi connectivity index (χ1n) is 11.0. The smallest absolute Gasteiger partial charge is 0.289 e. The Hall–Kier alpha value is -2.59. The Kier molecular flexibility index (Phi) is 5.96. The number of benzene rings is 2. The summed E-state index contributed by atoms with van der Waals surface area (Å²) in [6, 6.07) is 14.4. The lowest BCUT2D eigenvalue weighted by Crippen LogP contribution is -2.41. The molecule has 30 heavy (non-hydrogen) atoms. The number of amides is 1. The van der Waals surface area contributed by atoms with E-state index >= 15 is 0 Å². The predicted molar refractivity (Wildman–Crippen MR) is 120 cm³/mol. The number of nitrogens with zero attached hydrogens (tertiary/aromatic N) is 1. The van der Waals surface area contributed by atoms with Crippen molar-refractivity contribution in [2.75, 3.05) is 13.1 Å². The Labute approximate surface area is 178 Å². The van der Waals surface area contributed by atoms with Crippen LogP contribution in [0.5, 0.6) is 0 Å². The molecule has 0 unspecified atom stereocenters. The maximum atomic E-state index is 13.1. The average molecular weight is 406 g/mol. The van der Waals surface area contributed by atoms with Gasteiger partial charge in [0.15, 0.2) is 5.76 Å². The third kappa shape index (κ3) is 4.01. The van der Waals surface area contributed by atoms with Gasteiger partial charge in [-0.05, 0) is 69.1 Å². The van der Waals surface area contributed by atoms with Crippen molar-refractivity contribution in [2.45, 2.75) is 52.6 Å². The summed E-state index contributed by atoms with van der Waals surface area (Å²) in [5, 5.41) is 11.7. The molecule has 1 aromatic heterocycles. The standard InChI is InChI=1S/C26H31NO3/c1-17-9-11-22-19(3)25(30-24(22)18(17)2)26(29)27-15-13-21(14-16-27)23(28)12-10-20-7-5-4-6-8-20/h4-9,11,21,23,28H,10,12-16H2,1-3H3/t23-/m0/s1. The van der Waals surface area contributed by atoms with Crippen LogP contribution in [0.3, 0.4) is 0 Å². The molecule has 0 bridgehead atoms. The first-order valence-corrected chi connectivity index (χ1v) is 11.0. The molecular formula is C26H31NO3. The van der Waals surface area contributed by atoms with E-state index in [9.17, 15) is 9.90 Å². The summed E-state index contributed by atoms with van der Waals surface area (Å²) in [6.45, 7) is 7.40. The molecule has 1 atom stereocenters. The average Bonchev–Trinajstić information content (AvgIpc) is 3.12. The molecule has 1 saturated heterocycles. The van der Waals surface area contributed by atoms with Gasteiger partial charge in [0.2, 0.25) is 0 Å². The molecule has 3 aromatic rings. The minimum Gasteiger partial charge on any atom is -0.450 e. The zero-order valence-electron chi connectivity index (χ0n) is 18.1. The van der Waals surface area contributed by atoms with Gasteiger partial charge in [-0.1, -0.05) is 42.5 Å². The van der Waals surface area contributed by atoms with Crippen molar-refractivity contribution in [2.24, 2.45) is 5.92 Å². The van der Waals surface area contributed by atoms with Crippen molar-refractivity contribution >= 4 is 16.9 Å². The van der Waals surface area contributed by atoms with E-state index in [1.807, 2.05) is 43.0 Å². The molecule has 0 saturated carbocycles. The van der Waals surface area contributed by atoms with Gasteiger partial charge >= 0.3 is 0 Å². The lowest BCUT2D eigenvalue weighted by Gasteiger charge is -2.34. The summed E-state index contributed by atoms with van der Waals surface area (Å²) in [7, 11) is 0. The van der Waals surface area contributed by atoms with Gasteiger partial charge in [0.05, 0.1) is 6.10 Å². The lowest BCUT2D eigenvalue weighted by atomic mass is 9.88. The van der Waals surface area contributed by atoms with Crippen LogP contribution in [0, 0.1) is 26.7 Å². The van der Waals surface area contributed by atoms with E-state index in [2.05, 4.69) is 25.1 Å². The van der Waals surface area contributed by atoms with E-state index in [0.29, 0.717) is 18.8 Å². The third-order valence-corrected chi connectivity index (χ3v) is 6.76. The van der Waals surface area contributed by atoms with E-state index in [-0.39, 0.29) is 17.9 Å². The number of hydrogen-bond acceptors (Lipinski definition) is 3. The van der Waals surface area contributed by atoms with E-state index < -0.39 is 0 Å². The quantitative estimate of drug-likeness (QED) is 0.634. The van der Waals surface area contributed by atoms with Crippen LogP contribution in [-0.2, 0) is 6.42 Å². The van der Waals surface area contributed by atoms with Gasteiger partial charge in [0.25, 0.3) is 5.91 Å². The van der Waals surface area contributed by atoms with Gasteiger partial charge in [0, 0.05) is 24.0 Å². The van der Waals surface area contributed by atoms with Crippen molar-refractivity contribution in [1.29, 1.82) is 0 Å². The maximum absolute atomic E-state index is 13.1. The summed E-state index contributed by atoms with van der Waals surface area (Å²) >= 11 is 0. The number of aliphatic hydroxyl groups excluding tert-OH is 1. The molecule has 1 fully saturated rings. The Bertz CT molecular complexity index is 1030. The fourth-order valence-electron chi connectivity index (χ4n) is 4.55. The molecule has 1 aliphatic rings. The highest BCUT2D eigenvalue weighted by atomic mass is 16.3. The summed E-state index contributed by atoms with van der Waals surface area (Å²) in [5.41, 5.74) is 5.26. The largest absolute Gasteiger partial charge is 0.450 e. The normalized spacial score (nSPS) is 16.2. The molecule has 0 radical (unpaired) electrons. The van der Waals surface area contributed by atoms with Crippen molar-refractivity contribution in [3.63, 3.8) is 0 Å². The summed E-state index contributed by atoms with van der Waals surface area (Å²) in [4.78, 5) is 15.0. The second-order valence-corrected chi connectivity index (χ2v) is 8.66. The molecule has 2 aromatic carbocycles. The zero-order valence-corrected chi connectivity index (χ0v) is 18.1. The van der Waals surface area contributed by atoms with Crippen molar-refractivity contribution in [3.05, 3.63) is 70.5 Å². The first-order chi connectivity index (χ1) is 14.5. The second kappa shape index (κ2) is 8.65. The molecule has 0 spiro atoms. The molecule has 4 heteroatoms. The van der Waals surface area contributed by atoms with E-state index in [1.54, 1.807) is 0 Å². The number of rotatable bonds is 5. The van der Waals surface area contributed by atoms with E-state index in [0.717, 1.165) is 47.8 Å². The monoisotopic (exact) mass is 405 g/mol. The first kappa shape index (κ1) is 20.7. The predicted octanol–water partition coefficient (Wildman–Crippen LogP) is 5.20. The van der Waals surface area contributed by atoms with Crippen molar-refractivity contribution < 1.29 is 14.3 Å². The number of furan rings is 1. The van der Waals surface area contributed by atoms with Crippen LogP contribution in [-0.4, -0.2) is 35.1 Å². The van der Waals surface area contributed by atoms with Crippen LogP contribution in [0.2, 0.25) is 0 Å². The Morgan fingerprint density at radius 1 is 1.07 bits per heavy atom. The number of likely N-dealkylation sites (tertiary alicyclic amines) is 1. The van der Waals surface area contributed by atoms with Gasteiger partial charge in [-0.2, -0.15) is 0 Å². The molecule has 1 amide bonds. The SMILES string of the molecule is Cc1ccc2c(C)c(C(=O)N3CCC([C@@H](O)CCc4ccccc4)CC3)oc2c1C. The highest BCUT2D eigenvalue weighted by Gasteiger charge is 2.30. The van der Waals surface area contributed by atoms with Crippen LogP contribution in [0.25, 0.3) is 11.0 Å². The number of fused-ring (bicyclic) bond motifs is 1. The van der Waals surface area contributed by atoms with Gasteiger partial charge in [-0.15, -0.1) is 0 Å². The minimum atomic E-state index is -0.319. The topological polar surface area (TPSA) is 53.7 Å². The molecule has 1 aliphatic heterocycles. The van der Waals surface area contributed by atoms with Crippen LogP contribution in [0.4, 0.5) is 0 Å². The molecule has 2 heterocycles. The second-order valence-electron chi connectivity index (χ2n) is 8.66. The molecule has 158 valence electrons. The Morgan fingerprint density at radius 3 is 2.47 bits per heavy atom. The van der Waals surface area contributed by atoms with Crippen LogP contribution >= 0.6 is 0 Å². The summed E-state index contributed by atoms with van der Waals surface area (Å²) in [6.07, 6.45) is 3.00. The van der Waals surface area contributed by atoms with E-state index in [4.69, 9.17) is 4.42 Å². The number of carbonyl (C=O) groups excluding carboxylic acids is 1. The highest BCUT2D eigenvalue weighted by Crippen LogP contribution is 2.31. The number of piperidine rings is 1. The Balaban J connectivity index is 1.38. The molecule has 4 nitrogen and oxygen atoms in total. The minimum absolute atomic E-state index is 0.0296. The van der Waals surface area contributed by atoms with E-state index in [1.165, 1.54) is 11.1 Å². The van der Waals surface area contributed by atoms with Gasteiger partial charge < -0.3 is 14.4 Å². The van der Waals surface area contributed by atoms with Crippen LogP contribution < -0.4 is 0 Å².